The molecule has 0 bridgehead atoms. The van der Waals surface area contributed by atoms with E-state index in [9.17, 15) is 4.79 Å². The predicted octanol–water partition coefficient (Wildman–Crippen LogP) is -0.371. The molecule has 2 N–H and O–H groups in total. The molecule has 0 aliphatic rings. The van der Waals surface area contributed by atoms with Crippen molar-refractivity contribution in [3.63, 3.8) is 0 Å². The van der Waals surface area contributed by atoms with Gasteiger partial charge in [0.1, 0.15) is 6.61 Å². The molecule has 0 atom stereocenters. The molecular weight excluding hydrogens is 106 g/mol. The fourth-order valence-electron chi connectivity index (χ4n) is 0.222. The van der Waals surface area contributed by atoms with Gasteiger partial charge in [-0.1, -0.05) is 6.08 Å². The van der Waals surface area contributed by atoms with E-state index < -0.39 is 6.61 Å². The molecule has 8 heavy (non-hydrogen) atoms. The Morgan fingerprint density at radius 1 is 1.88 bits per heavy atom. The Bertz CT molecular complexity index is 98.6. The van der Waals surface area contributed by atoms with E-state index in [2.05, 4.69) is 5.32 Å². The van der Waals surface area contributed by atoms with Gasteiger partial charge in [-0.3, -0.25) is 4.79 Å². The van der Waals surface area contributed by atoms with Gasteiger partial charge in [-0.05, 0) is 13.1 Å². The van der Waals surface area contributed by atoms with Gasteiger partial charge in [0.25, 0.3) is 0 Å². The highest BCUT2D eigenvalue weighted by atomic mass is 16.3. The van der Waals surface area contributed by atoms with Crippen molar-refractivity contribution in [3.05, 3.63) is 12.3 Å². The molecule has 0 unspecified atom stereocenters. The quantitative estimate of drug-likeness (QED) is 0.515. The minimum absolute atomic E-state index is 0.386. The van der Waals surface area contributed by atoms with Gasteiger partial charge in [-0.2, -0.15) is 0 Å². The van der Waals surface area contributed by atoms with E-state index in [4.69, 9.17) is 5.11 Å². The first-order chi connectivity index (χ1) is 3.81. The third kappa shape index (κ3) is 3.36. The summed E-state index contributed by atoms with van der Waals surface area (Å²) in [5.41, 5.74) is 0. The summed E-state index contributed by atoms with van der Waals surface area (Å²) in [6.45, 7) is 1.32. The van der Waals surface area contributed by atoms with E-state index in [1.165, 1.54) is 6.20 Å². The Labute approximate surface area is 48.0 Å². The molecule has 0 spiro atoms. The van der Waals surface area contributed by atoms with E-state index in [0.29, 0.717) is 0 Å². The SMILES string of the molecule is C/C=C\NC(=O)CO. The van der Waals surface area contributed by atoms with Crippen molar-refractivity contribution in [2.24, 2.45) is 0 Å². The van der Waals surface area contributed by atoms with Crippen LogP contribution < -0.4 is 5.32 Å². The van der Waals surface area contributed by atoms with Crippen molar-refractivity contribution in [1.29, 1.82) is 0 Å². The first-order valence-corrected chi connectivity index (χ1v) is 2.32. The van der Waals surface area contributed by atoms with Crippen molar-refractivity contribution in [2.75, 3.05) is 6.61 Å². The number of hydrogen-bond acceptors (Lipinski definition) is 2. The molecule has 0 heterocycles. The smallest absolute Gasteiger partial charge is 0.249 e. The lowest BCUT2D eigenvalue weighted by Crippen LogP contribution is -2.20. The van der Waals surface area contributed by atoms with E-state index in [-0.39, 0.29) is 5.91 Å². The Morgan fingerprint density at radius 3 is 2.88 bits per heavy atom. The maximum absolute atomic E-state index is 10.2. The highest BCUT2D eigenvalue weighted by molar-refractivity contribution is 5.77. The van der Waals surface area contributed by atoms with E-state index in [0.717, 1.165) is 0 Å². The zero-order valence-corrected chi connectivity index (χ0v) is 4.72. The fourth-order valence-corrected chi connectivity index (χ4v) is 0.222. The van der Waals surface area contributed by atoms with Gasteiger partial charge in [0.15, 0.2) is 0 Å². The number of aliphatic hydroxyl groups is 1. The van der Waals surface area contributed by atoms with Crippen LogP contribution in [0.25, 0.3) is 0 Å². The second-order valence-corrected chi connectivity index (χ2v) is 1.23. The molecule has 3 nitrogen and oxygen atoms in total. The lowest BCUT2D eigenvalue weighted by atomic mass is 10.6. The molecule has 0 saturated heterocycles. The number of hydrogen-bond donors (Lipinski definition) is 2. The molecule has 1 amide bonds. The molecular formula is C5H9NO2. The number of aliphatic hydroxyl groups excluding tert-OH is 1. The number of carbonyl (C=O) groups is 1. The van der Waals surface area contributed by atoms with Crippen LogP contribution in [0.15, 0.2) is 12.3 Å². The Balaban J connectivity index is 3.25. The minimum atomic E-state index is -0.454. The van der Waals surface area contributed by atoms with Crippen LogP contribution in [-0.2, 0) is 4.79 Å². The van der Waals surface area contributed by atoms with Gasteiger partial charge >= 0.3 is 0 Å². The highest BCUT2D eigenvalue weighted by Crippen LogP contribution is 1.63. The maximum Gasteiger partial charge on any atom is 0.249 e. The van der Waals surface area contributed by atoms with Crippen molar-refractivity contribution >= 4 is 5.91 Å². The van der Waals surface area contributed by atoms with E-state index >= 15 is 0 Å². The van der Waals surface area contributed by atoms with Gasteiger partial charge in [-0.15, -0.1) is 0 Å². The van der Waals surface area contributed by atoms with Gasteiger partial charge in [0, 0.05) is 0 Å². The summed E-state index contributed by atoms with van der Waals surface area (Å²) in [5.74, 6) is -0.386. The monoisotopic (exact) mass is 115 g/mol. The molecule has 0 aliphatic carbocycles. The van der Waals surface area contributed by atoms with Crippen LogP contribution in [-0.4, -0.2) is 17.6 Å². The van der Waals surface area contributed by atoms with Crippen molar-refractivity contribution < 1.29 is 9.90 Å². The summed E-state index contributed by atoms with van der Waals surface area (Å²) in [7, 11) is 0. The standard InChI is InChI=1S/C5H9NO2/c1-2-3-6-5(8)4-7/h2-3,7H,4H2,1H3,(H,6,8)/b3-2-. The average molecular weight is 115 g/mol. The molecule has 0 radical (unpaired) electrons. The van der Waals surface area contributed by atoms with Crippen molar-refractivity contribution in [2.45, 2.75) is 6.92 Å². The highest BCUT2D eigenvalue weighted by Gasteiger charge is 1.88. The topological polar surface area (TPSA) is 49.3 Å². The third-order valence-electron chi connectivity index (χ3n) is 0.555. The van der Waals surface area contributed by atoms with Crippen LogP contribution in [0.5, 0.6) is 0 Å². The van der Waals surface area contributed by atoms with Crippen LogP contribution >= 0.6 is 0 Å². The van der Waals surface area contributed by atoms with Gasteiger partial charge in [-0.25, -0.2) is 0 Å². The van der Waals surface area contributed by atoms with Gasteiger partial charge < -0.3 is 10.4 Å². The summed E-state index contributed by atoms with van der Waals surface area (Å²) >= 11 is 0. The lowest BCUT2D eigenvalue weighted by Gasteiger charge is -1.90. The Morgan fingerprint density at radius 2 is 2.50 bits per heavy atom. The molecule has 0 aromatic carbocycles. The molecule has 0 fully saturated rings. The fraction of sp³-hybridized carbons (Fsp3) is 0.400. The summed E-state index contributed by atoms with van der Waals surface area (Å²) in [4.78, 5) is 10.2. The number of allylic oxidation sites excluding steroid dienone is 1. The van der Waals surface area contributed by atoms with Gasteiger partial charge in [0.05, 0.1) is 0 Å². The van der Waals surface area contributed by atoms with Crippen molar-refractivity contribution in [1.82, 2.24) is 5.32 Å². The zero-order valence-electron chi connectivity index (χ0n) is 4.72. The van der Waals surface area contributed by atoms with Crippen molar-refractivity contribution in [3.8, 4) is 0 Å². The first-order valence-electron chi connectivity index (χ1n) is 2.32. The Hall–Kier alpha value is -0.830. The predicted molar refractivity (Wildman–Crippen MR) is 30.0 cm³/mol. The molecule has 0 rings (SSSR count). The first kappa shape index (κ1) is 7.17. The second kappa shape index (κ2) is 4.33. The van der Waals surface area contributed by atoms with Gasteiger partial charge in [0.2, 0.25) is 5.91 Å². The van der Waals surface area contributed by atoms with Crippen LogP contribution in [0.3, 0.4) is 0 Å². The number of amides is 1. The minimum Gasteiger partial charge on any atom is -0.387 e. The largest absolute Gasteiger partial charge is 0.387 e. The summed E-state index contributed by atoms with van der Waals surface area (Å²) in [6.07, 6.45) is 3.14. The molecule has 0 aromatic rings. The maximum atomic E-state index is 10.2. The second-order valence-electron chi connectivity index (χ2n) is 1.23. The molecule has 0 saturated carbocycles. The zero-order chi connectivity index (χ0) is 6.41. The third-order valence-corrected chi connectivity index (χ3v) is 0.555. The van der Waals surface area contributed by atoms with E-state index in [1.54, 1.807) is 13.0 Å². The molecule has 0 aliphatic heterocycles. The summed E-state index contributed by atoms with van der Waals surface area (Å²) in [5, 5.41) is 10.4. The molecule has 46 valence electrons. The van der Waals surface area contributed by atoms with Crippen LogP contribution in [0.4, 0.5) is 0 Å². The van der Waals surface area contributed by atoms with Crippen LogP contribution in [0.2, 0.25) is 0 Å². The van der Waals surface area contributed by atoms with Crippen LogP contribution in [0.1, 0.15) is 6.92 Å². The van der Waals surface area contributed by atoms with Crippen LogP contribution in [0, 0.1) is 0 Å². The number of nitrogens with one attached hydrogen (secondary N) is 1. The van der Waals surface area contributed by atoms with E-state index in [1.807, 2.05) is 0 Å². The lowest BCUT2D eigenvalue weighted by molar-refractivity contribution is -0.122. The number of carbonyl (C=O) groups excluding carboxylic acids is 1. The summed E-state index contributed by atoms with van der Waals surface area (Å²) < 4.78 is 0. The normalized spacial score (nSPS) is 9.75. The number of rotatable bonds is 2. The summed E-state index contributed by atoms with van der Waals surface area (Å²) in [6, 6.07) is 0. The Kier molecular flexibility index (Phi) is 3.88. The molecule has 3 heteroatoms. The average Bonchev–Trinajstić information content (AvgIpc) is 1.83. The molecule has 0 aromatic heterocycles.